The number of aromatic nitrogens is 4. The lowest BCUT2D eigenvalue weighted by Crippen LogP contribution is -2.26. The van der Waals surface area contributed by atoms with Crippen LogP contribution < -0.4 is 5.73 Å². The van der Waals surface area contributed by atoms with Gasteiger partial charge >= 0.3 is 0 Å². The van der Waals surface area contributed by atoms with Gasteiger partial charge in [-0.15, -0.1) is 0 Å². The molecule has 1 aliphatic carbocycles. The maximum atomic E-state index is 11.2. The predicted octanol–water partition coefficient (Wildman–Crippen LogP) is 1.47. The molecule has 0 aromatic carbocycles. The van der Waals surface area contributed by atoms with Crippen LogP contribution in [0, 0.1) is 3.70 Å². The van der Waals surface area contributed by atoms with Gasteiger partial charge in [0.2, 0.25) is 0 Å². The van der Waals surface area contributed by atoms with E-state index in [-0.39, 0.29) is 12.1 Å². The molecule has 120 valence electrons. The van der Waals surface area contributed by atoms with Gasteiger partial charge in [-0.3, -0.25) is 4.18 Å². The van der Waals surface area contributed by atoms with Crippen LogP contribution in [0.1, 0.15) is 31.7 Å². The lowest BCUT2D eigenvalue weighted by molar-refractivity contribution is 0.138. The smallest absolute Gasteiger partial charge is 0.264 e. The Morgan fingerprint density at radius 2 is 2.00 bits per heavy atom. The van der Waals surface area contributed by atoms with Crippen molar-refractivity contribution in [1.82, 2.24) is 19.7 Å². The molecule has 1 saturated carbocycles. The van der Waals surface area contributed by atoms with Crippen LogP contribution in [-0.4, -0.2) is 40.5 Å². The number of fused-ring (bicyclic) bond motifs is 1. The summed E-state index contributed by atoms with van der Waals surface area (Å²) in [6.45, 7) is 0. The van der Waals surface area contributed by atoms with Gasteiger partial charge in [0.25, 0.3) is 10.1 Å². The second-order valence-electron chi connectivity index (χ2n) is 5.42. The molecule has 22 heavy (non-hydrogen) atoms. The standard InChI is InChI=1S/C12H16IN5O3S/c1-22(19,20)21-8-4-2-7(3-5-8)18-12-9(10(13)17-18)11(14)15-6-16-12/h6-8H,2-5H2,1H3,(H2,14,15,16). The highest BCUT2D eigenvalue weighted by atomic mass is 127. The fraction of sp³-hybridized carbons (Fsp3) is 0.583. The van der Waals surface area contributed by atoms with Gasteiger partial charge in [0.1, 0.15) is 15.8 Å². The minimum Gasteiger partial charge on any atom is -0.383 e. The molecule has 0 unspecified atom stereocenters. The normalized spacial score (nSPS) is 23.0. The van der Waals surface area contributed by atoms with Crippen LogP contribution in [0.25, 0.3) is 11.0 Å². The highest BCUT2D eigenvalue weighted by Gasteiger charge is 2.28. The van der Waals surface area contributed by atoms with E-state index in [1.54, 1.807) is 0 Å². The molecule has 0 spiro atoms. The number of hydrogen-bond donors (Lipinski definition) is 1. The molecule has 1 fully saturated rings. The molecule has 0 aliphatic heterocycles. The highest BCUT2D eigenvalue weighted by Crippen LogP contribution is 2.33. The van der Waals surface area contributed by atoms with Gasteiger partial charge in [0.15, 0.2) is 5.65 Å². The zero-order valence-corrected chi connectivity index (χ0v) is 14.9. The van der Waals surface area contributed by atoms with Crippen LogP contribution in [0.4, 0.5) is 5.82 Å². The Morgan fingerprint density at radius 3 is 2.64 bits per heavy atom. The lowest BCUT2D eigenvalue weighted by atomic mass is 9.93. The van der Waals surface area contributed by atoms with Gasteiger partial charge in [-0.05, 0) is 48.3 Å². The quantitative estimate of drug-likeness (QED) is 0.572. The number of hydrogen-bond acceptors (Lipinski definition) is 7. The molecule has 3 rings (SSSR count). The summed E-state index contributed by atoms with van der Waals surface area (Å²) in [6, 6.07) is 0.166. The first kappa shape index (κ1) is 15.9. The van der Waals surface area contributed by atoms with Crippen molar-refractivity contribution in [3.8, 4) is 0 Å². The fourth-order valence-electron chi connectivity index (χ4n) is 2.84. The first-order chi connectivity index (χ1) is 10.3. The van der Waals surface area contributed by atoms with E-state index in [1.165, 1.54) is 6.33 Å². The number of nitrogens with zero attached hydrogens (tertiary/aromatic N) is 4. The van der Waals surface area contributed by atoms with Crippen LogP contribution in [0.15, 0.2) is 6.33 Å². The van der Waals surface area contributed by atoms with Crippen LogP contribution >= 0.6 is 22.6 Å². The Morgan fingerprint density at radius 1 is 1.32 bits per heavy atom. The fourth-order valence-corrected chi connectivity index (χ4v) is 4.28. The van der Waals surface area contributed by atoms with E-state index in [0.717, 1.165) is 33.8 Å². The maximum absolute atomic E-state index is 11.2. The van der Waals surface area contributed by atoms with E-state index in [0.29, 0.717) is 18.7 Å². The van der Waals surface area contributed by atoms with E-state index in [1.807, 2.05) is 4.68 Å². The van der Waals surface area contributed by atoms with Gasteiger partial charge in [0.05, 0.1) is 23.8 Å². The van der Waals surface area contributed by atoms with Gasteiger partial charge in [-0.25, -0.2) is 14.6 Å². The molecule has 0 atom stereocenters. The van der Waals surface area contributed by atoms with Crippen molar-refractivity contribution in [2.24, 2.45) is 0 Å². The molecular formula is C12H16IN5O3S. The van der Waals surface area contributed by atoms with Crippen molar-refractivity contribution >= 4 is 49.6 Å². The zero-order chi connectivity index (χ0) is 15.9. The molecule has 2 N–H and O–H groups in total. The van der Waals surface area contributed by atoms with Crippen molar-refractivity contribution in [1.29, 1.82) is 0 Å². The average Bonchev–Trinajstić information content (AvgIpc) is 2.77. The Balaban J connectivity index is 1.81. The third-order valence-corrected chi connectivity index (χ3v) is 5.15. The molecule has 2 heterocycles. The van der Waals surface area contributed by atoms with E-state index >= 15 is 0 Å². The van der Waals surface area contributed by atoms with Gasteiger partial charge < -0.3 is 5.73 Å². The summed E-state index contributed by atoms with van der Waals surface area (Å²) < 4.78 is 30.1. The Hall–Kier alpha value is -1.01. The van der Waals surface area contributed by atoms with Gasteiger partial charge in [-0.2, -0.15) is 13.5 Å². The predicted molar refractivity (Wildman–Crippen MR) is 89.7 cm³/mol. The van der Waals surface area contributed by atoms with Gasteiger partial charge in [0, 0.05) is 0 Å². The van der Waals surface area contributed by atoms with E-state index < -0.39 is 10.1 Å². The Labute approximate surface area is 141 Å². The topological polar surface area (TPSA) is 113 Å². The van der Waals surface area contributed by atoms with Crippen LogP contribution in [0.3, 0.4) is 0 Å². The molecule has 0 saturated heterocycles. The summed E-state index contributed by atoms with van der Waals surface area (Å²) in [5.74, 6) is 0.426. The molecule has 1 aliphatic rings. The molecule has 0 bridgehead atoms. The zero-order valence-electron chi connectivity index (χ0n) is 11.9. The van der Waals surface area contributed by atoms with Gasteiger partial charge in [-0.1, -0.05) is 0 Å². The average molecular weight is 437 g/mol. The van der Waals surface area contributed by atoms with E-state index in [9.17, 15) is 8.42 Å². The first-order valence-electron chi connectivity index (χ1n) is 6.87. The Bertz CT molecular complexity index is 798. The van der Waals surface area contributed by atoms with E-state index in [4.69, 9.17) is 9.92 Å². The molecule has 2 aromatic rings. The third-order valence-electron chi connectivity index (χ3n) is 3.78. The second kappa shape index (κ2) is 5.89. The summed E-state index contributed by atoms with van der Waals surface area (Å²) >= 11 is 2.13. The second-order valence-corrected chi connectivity index (χ2v) is 8.05. The lowest BCUT2D eigenvalue weighted by Gasteiger charge is -2.27. The molecule has 0 amide bonds. The van der Waals surface area contributed by atoms with Crippen molar-refractivity contribution in [2.45, 2.75) is 37.8 Å². The van der Waals surface area contributed by atoms with E-state index in [2.05, 4.69) is 37.7 Å². The highest BCUT2D eigenvalue weighted by molar-refractivity contribution is 14.1. The summed E-state index contributed by atoms with van der Waals surface area (Å²) in [6.07, 6.45) is 5.21. The Kier molecular flexibility index (Phi) is 4.25. The third kappa shape index (κ3) is 3.18. The number of rotatable bonds is 3. The number of anilines is 1. The van der Waals surface area contributed by atoms with Crippen molar-refractivity contribution in [3.63, 3.8) is 0 Å². The monoisotopic (exact) mass is 437 g/mol. The SMILES string of the molecule is CS(=O)(=O)OC1CCC(n2nc(I)c3c(N)ncnc32)CC1. The minimum atomic E-state index is -3.40. The van der Waals surface area contributed by atoms with Crippen molar-refractivity contribution < 1.29 is 12.6 Å². The number of nitrogens with two attached hydrogens (primary N) is 1. The molecule has 0 radical (unpaired) electrons. The minimum absolute atomic E-state index is 0.166. The largest absolute Gasteiger partial charge is 0.383 e. The molecule has 10 heteroatoms. The summed E-state index contributed by atoms with van der Waals surface area (Å²) in [7, 11) is -3.40. The number of nitrogen functional groups attached to an aromatic ring is 1. The van der Waals surface area contributed by atoms with Crippen LogP contribution in [-0.2, 0) is 14.3 Å². The van der Waals surface area contributed by atoms with Crippen LogP contribution in [0.5, 0.6) is 0 Å². The van der Waals surface area contributed by atoms with Crippen molar-refractivity contribution in [3.05, 3.63) is 10.0 Å². The molecule has 8 nitrogen and oxygen atoms in total. The van der Waals surface area contributed by atoms with Crippen LogP contribution in [0.2, 0.25) is 0 Å². The molecule has 2 aromatic heterocycles. The molecular weight excluding hydrogens is 421 g/mol. The summed E-state index contributed by atoms with van der Waals surface area (Å²) in [4.78, 5) is 8.29. The summed E-state index contributed by atoms with van der Waals surface area (Å²) in [5.41, 5.74) is 6.62. The summed E-state index contributed by atoms with van der Waals surface area (Å²) in [5, 5.41) is 5.31. The first-order valence-corrected chi connectivity index (χ1v) is 9.77. The maximum Gasteiger partial charge on any atom is 0.264 e. The number of halogens is 1. The van der Waals surface area contributed by atoms with Crippen molar-refractivity contribution in [2.75, 3.05) is 12.0 Å².